The van der Waals surface area contributed by atoms with Crippen LogP contribution in [0.15, 0.2) is 47.4 Å². The number of carbonyl (C=O) groups excluding carboxylic acids is 1. The summed E-state index contributed by atoms with van der Waals surface area (Å²) in [6.45, 7) is 2.34. The SMILES string of the molecule is CC1Cc2ccccc2N1C(=O)COc1ccc(S(=O)(=O)N2CCCC2)cc1[N+](=O)[O-]. The van der Waals surface area contributed by atoms with Crippen LogP contribution in [0.4, 0.5) is 11.4 Å². The van der Waals surface area contributed by atoms with Crippen LogP contribution in [-0.4, -0.2) is 49.3 Å². The zero-order chi connectivity index (χ0) is 22.2. The molecule has 1 amide bonds. The summed E-state index contributed by atoms with van der Waals surface area (Å²) in [6.07, 6.45) is 2.26. The number of rotatable bonds is 6. The normalized spacial score (nSPS) is 18.7. The van der Waals surface area contributed by atoms with E-state index in [4.69, 9.17) is 4.74 Å². The molecule has 10 heteroatoms. The maximum Gasteiger partial charge on any atom is 0.312 e. The Kier molecular flexibility index (Phi) is 5.67. The van der Waals surface area contributed by atoms with Crippen LogP contribution in [0.25, 0.3) is 0 Å². The van der Waals surface area contributed by atoms with Crippen LogP contribution >= 0.6 is 0 Å². The molecule has 1 unspecified atom stereocenters. The Balaban J connectivity index is 1.54. The molecule has 31 heavy (non-hydrogen) atoms. The fourth-order valence-electron chi connectivity index (χ4n) is 4.15. The first kappa shape index (κ1) is 21.3. The Bertz CT molecular complexity index is 1130. The molecular formula is C21H23N3O6S. The van der Waals surface area contributed by atoms with E-state index in [1.165, 1.54) is 16.4 Å². The average molecular weight is 445 g/mol. The van der Waals surface area contributed by atoms with E-state index in [0.717, 1.165) is 36.6 Å². The Morgan fingerprint density at radius 3 is 2.61 bits per heavy atom. The molecule has 1 saturated heterocycles. The maximum absolute atomic E-state index is 12.8. The van der Waals surface area contributed by atoms with Gasteiger partial charge in [0.2, 0.25) is 10.0 Å². The molecule has 2 aromatic carbocycles. The highest BCUT2D eigenvalue weighted by molar-refractivity contribution is 7.89. The molecule has 0 radical (unpaired) electrons. The Hall–Kier alpha value is -2.98. The number of para-hydroxylation sites is 1. The highest BCUT2D eigenvalue weighted by Crippen LogP contribution is 2.34. The van der Waals surface area contributed by atoms with Crippen LogP contribution in [-0.2, 0) is 21.2 Å². The van der Waals surface area contributed by atoms with Gasteiger partial charge in [0.1, 0.15) is 0 Å². The standard InChI is InChI=1S/C21H23N3O6S/c1-15-12-16-6-2-3-7-18(16)23(15)21(25)14-30-20-9-8-17(13-19(20)24(26)27)31(28,29)22-10-4-5-11-22/h2-3,6-9,13,15H,4-5,10-12,14H2,1H3. The number of benzene rings is 2. The fraction of sp³-hybridized carbons (Fsp3) is 0.381. The molecule has 2 heterocycles. The second-order valence-corrected chi connectivity index (χ2v) is 9.67. The van der Waals surface area contributed by atoms with E-state index in [2.05, 4.69) is 0 Å². The Morgan fingerprint density at radius 1 is 1.19 bits per heavy atom. The topological polar surface area (TPSA) is 110 Å². The van der Waals surface area contributed by atoms with E-state index in [1.54, 1.807) is 4.90 Å². The lowest BCUT2D eigenvalue weighted by atomic mass is 10.1. The fourth-order valence-corrected chi connectivity index (χ4v) is 5.69. The molecule has 1 fully saturated rings. The minimum atomic E-state index is -3.80. The van der Waals surface area contributed by atoms with Crippen molar-refractivity contribution in [3.05, 3.63) is 58.1 Å². The quantitative estimate of drug-likeness (QED) is 0.499. The molecule has 0 saturated carbocycles. The number of carbonyl (C=O) groups is 1. The number of sulfonamides is 1. The number of nitrogens with zero attached hydrogens (tertiary/aromatic N) is 3. The van der Waals surface area contributed by atoms with Crippen LogP contribution in [0.2, 0.25) is 0 Å². The van der Waals surface area contributed by atoms with Gasteiger partial charge in [0.05, 0.1) is 9.82 Å². The summed E-state index contributed by atoms with van der Waals surface area (Å²) in [7, 11) is -3.80. The number of ether oxygens (including phenoxy) is 1. The van der Waals surface area contributed by atoms with Crippen molar-refractivity contribution >= 4 is 27.3 Å². The second-order valence-electron chi connectivity index (χ2n) is 7.73. The minimum absolute atomic E-state index is 0.0449. The first-order valence-corrected chi connectivity index (χ1v) is 11.5. The molecule has 0 aliphatic carbocycles. The summed E-state index contributed by atoms with van der Waals surface area (Å²) in [5, 5.41) is 11.6. The van der Waals surface area contributed by atoms with E-state index in [9.17, 15) is 23.3 Å². The van der Waals surface area contributed by atoms with Crippen LogP contribution in [0.5, 0.6) is 5.75 Å². The molecular weight excluding hydrogens is 422 g/mol. The van der Waals surface area contributed by atoms with E-state index in [1.807, 2.05) is 31.2 Å². The maximum atomic E-state index is 12.8. The summed E-state index contributed by atoms with van der Waals surface area (Å²) < 4.78 is 32.2. The number of hydrogen-bond donors (Lipinski definition) is 0. The number of amides is 1. The van der Waals surface area contributed by atoms with Gasteiger partial charge < -0.3 is 9.64 Å². The van der Waals surface area contributed by atoms with Crippen LogP contribution in [0.3, 0.4) is 0 Å². The van der Waals surface area contributed by atoms with Crippen molar-refractivity contribution in [2.75, 3.05) is 24.6 Å². The highest BCUT2D eigenvalue weighted by atomic mass is 32.2. The van der Waals surface area contributed by atoms with Crippen molar-refractivity contribution in [3.8, 4) is 5.75 Å². The molecule has 0 N–H and O–H groups in total. The Morgan fingerprint density at radius 2 is 1.90 bits per heavy atom. The van der Waals surface area contributed by atoms with E-state index >= 15 is 0 Å². The molecule has 164 valence electrons. The molecule has 2 aromatic rings. The molecule has 0 bridgehead atoms. The number of nitro benzene ring substituents is 1. The first-order chi connectivity index (χ1) is 14.8. The van der Waals surface area contributed by atoms with Crippen molar-refractivity contribution in [1.29, 1.82) is 0 Å². The van der Waals surface area contributed by atoms with Gasteiger partial charge in [0.15, 0.2) is 12.4 Å². The molecule has 9 nitrogen and oxygen atoms in total. The third-order valence-corrected chi connectivity index (χ3v) is 7.55. The van der Waals surface area contributed by atoms with Gasteiger partial charge in [-0.1, -0.05) is 18.2 Å². The first-order valence-electron chi connectivity index (χ1n) is 10.1. The van der Waals surface area contributed by atoms with Crippen molar-refractivity contribution in [2.24, 2.45) is 0 Å². The van der Waals surface area contributed by atoms with Gasteiger partial charge in [0, 0.05) is 30.9 Å². The molecule has 1 atom stereocenters. The second kappa shape index (κ2) is 8.27. The Labute approximate surface area is 180 Å². The molecule has 2 aliphatic heterocycles. The molecule has 0 spiro atoms. The van der Waals surface area contributed by atoms with Crippen LogP contribution in [0.1, 0.15) is 25.3 Å². The minimum Gasteiger partial charge on any atom is -0.477 e. The van der Waals surface area contributed by atoms with Gasteiger partial charge in [-0.25, -0.2) is 8.42 Å². The lowest BCUT2D eigenvalue weighted by Crippen LogP contribution is -2.39. The zero-order valence-electron chi connectivity index (χ0n) is 17.1. The largest absolute Gasteiger partial charge is 0.477 e. The number of nitro groups is 1. The third kappa shape index (κ3) is 4.00. The summed E-state index contributed by atoms with van der Waals surface area (Å²) >= 11 is 0. The highest BCUT2D eigenvalue weighted by Gasteiger charge is 2.32. The monoisotopic (exact) mass is 445 g/mol. The molecule has 4 rings (SSSR count). The van der Waals surface area contributed by atoms with Crippen molar-refractivity contribution < 1.29 is 22.9 Å². The van der Waals surface area contributed by atoms with Crippen molar-refractivity contribution in [2.45, 2.75) is 37.1 Å². The average Bonchev–Trinajstić information content (AvgIpc) is 3.39. The summed E-state index contributed by atoms with van der Waals surface area (Å²) in [5.41, 5.74) is 1.39. The van der Waals surface area contributed by atoms with Crippen LogP contribution < -0.4 is 9.64 Å². The van der Waals surface area contributed by atoms with E-state index in [0.29, 0.717) is 13.1 Å². The van der Waals surface area contributed by atoms with Gasteiger partial charge in [-0.3, -0.25) is 14.9 Å². The van der Waals surface area contributed by atoms with Gasteiger partial charge in [-0.15, -0.1) is 0 Å². The summed E-state index contributed by atoms with van der Waals surface area (Å²) in [4.78, 5) is 25.1. The lowest BCUT2D eigenvalue weighted by molar-refractivity contribution is -0.386. The van der Waals surface area contributed by atoms with Gasteiger partial charge in [0.25, 0.3) is 5.91 Å². The third-order valence-electron chi connectivity index (χ3n) is 5.66. The van der Waals surface area contributed by atoms with Crippen molar-refractivity contribution in [3.63, 3.8) is 0 Å². The van der Waals surface area contributed by atoms with E-state index in [-0.39, 0.29) is 22.6 Å². The smallest absolute Gasteiger partial charge is 0.312 e. The number of hydrogen-bond acceptors (Lipinski definition) is 6. The predicted octanol–water partition coefficient (Wildman–Crippen LogP) is 2.74. The van der Waals surface area contributed by atoms with Gasteiger partial charge in [-0.05, 0) is 49.9 Å². The summed E-state index contributed by atoms with van der Waals surface area (Å²) in [5.74, 6) is -0.459. The van der Waals surface area contributed by atoms with Gasteiger partial charge in [-0.2, -0.15) is 4.31 Å². The zero-order valence-corrected chi connectivity index (χ0v) is 17.9. The summed E-state index contributed by atoms with van der Waals surface area (Å²) in [6, 6.07) is 11.1. The predicted molar refractivity (Wildman–Crippen MR) is 114 cm³/mol. The van der Waals surface area contributed by atoms with Gasteiger partial charge >= 0.3 is 5.69 Å². The molecule has 0 aromatic heterocycles. The lowest BCUT2D eigenvalue weighted by Gasteiger charge is -2.22. The van der Waals surface area contributed by atoms with Crippen molar-refractivity contribution in [1.82, 2.24) is 4.31 Å². The van der Waals surface area contributed by atoms with Crippen LogP contribution in [0, 0.1) is 10.1 Å². The number of fused-ring (bicyclic) bond motifs is 1. The number of anilines is 1. The van der Waals surface area contributed by atoms with E-state index < -0.39 is 27.2 Å². The molecule has 2 aliphatic rings.